The van der Waals surface area contributed by atoms with E-state index in [9.17, 15) is 4.79 Å². The van der Waals surface area contributed by atoms with Crippen LogP contribution < -0.4 is 14.9 Å². The molecule has 24 heavy (non-hydrogen) atoms. The first-order chi connectivity index (χ1) is 11.5. The molecule has 0 aromatic heterocycles. The lowest BCUT2D eigenvalue weighted by Crippen LogP contribution is -2.18. The van der Waals surface area contributed by atoms with E-state index in [1.54, 1.807) is 18.2 Å². The van der Waals surface area contributed by atoms with Gasteiger partial charge in [0.25, 0.3) is 5.91 Å². The summed E-state index contributed by atoms with van der Waals surface area (Å²) in [7, 11) is 2.99. The predicted molar refractivity (Wildman–Crippen MR) is 96.1 cm³/mol. The summed E-state index contributed by atoms with van der Waals surface area (Å²) in [4.78, 5) is 12.0. The van der Waals surface area contributed by atoms with Crippen molar-refractivity contribution in [1.82, 2.24) is 5.43 Å². The van der Waals surface area contributed by atoms with Crippen molar-refractivity contribution in [3.8, 4) is 11.5 Å². The second-order valence-corrected chi connectivity index (χ2v) is 5.81. The number of hydrogen-bond donors (Lipinski definition) is 1. The predicted octanol–water partition coefficient (Wildman–Crippen LogP) is 4.43. The van der Waals surface area contributed by atoms with E-state index in [1.165, 1.54) is 32.6 Å². The zero-order valence-electron chi connectivity index (χ0n) is 12.8. The first kappa shape index (κ1) is 18.4. The van der Waals surface area contributed by atoms with Crippen molar-refractivity contribution in [2.45, 2.75) is 0 Å². The Morgan fingerprint density at radius 1 is 1.08 bits per heavy atom. The monoisotopic (exact) mass is 386 g/mol. The van der Waals surface area contributed by atoms with Gasteiger partial charge >= 0.3 is 0 Å². The second kappa shape index (κ2) is 8.24. The number of carbonyl (C=O) groups excluding carboxylic acids is 1. The maximum atomic E-state index is 12.0. The zero-order chi connectivity index (χ0) is 17.7. The highest BCUT2D eigenvalue weighted by Gasteiger charge is 2.11. The van der Waals surface area contributed by atoms with Gasteiger partial charge < -0.3 is 9.47 Å². The summed E-state index contributed by atoms with van der Waals surface area (Å²) in [5.41, 5.74) is 3.27. The highest BCUT2D eigenvalue weighted by Crippen LogP contribution is 2.35. The summed E-state index contributed by atoms with van der Waals surface area (Å²) in [6.07, 6.45) is 1.43. The van der Waals surface area contributed by atoms with Crippen molar-refractivity contribution in [2.24, 2.45) is 5.10 Å². The molecule has 0 heterocycles. The largest absolute Gasteiger partial charge is 0.493 e. The Morgan fingerprint density at radius 3 is 2.46 bits per heavy atom. The number of amides is 1. The van der Waals surface area contributed by atoms with Crippen LogP contribution in [-0.4, -0.2) is 26.3 Å². The number of carbonyl (C=O) groups is 1. The molecule has 0 atom stereocenters. The minimum absolute atomic E-state index is 0.240. The third kappa shape index (κ3) is 4.32. The number of nitrogens with one attached hydrogen (secondary N) is 1. The smallest absolute Gasteiger partial charge is 0.272 e. The van der Waals surface area contributed by atoms with Gasteiger partial charge in [0.1, 0.15) is 0 Å². The molecule has 0 fully saturated rings. The number of halogens is 3. The van der Waals surface area contributed by atoms with Crippen molar-refractivity contribution < 1.29 is 14.3 Å². The standard InChI is InChI=1S/C16H13Cl3N2O3/c1-23-14-6-9(5-13(19)15(14)24-2)8-20-21-16(22)11-4-3-10(17)7-12(11)18/h3-8H,1-2H3,(H,21,22)/b20-8-. The van der Waals surface area contributed by atoms with E-state index >= 15 is 0 Å². The van der Waals surface area contributed by atoms with E-state index < -0.39 is 5.91 Å². The van der Waals surface area contributed by atoms with Crippen LogP contribution in [0.3, 0.4) is 0 Å². The van der Waals surface area contributed by atoms with Gasteiger partial charge in [0, 0.05) is 5.02 Å². The number of nitrogens with zero attached hydrogens (tertiary/aromatic N) is 1. The van der Waals surface area contributed by atoms with E-state index in [0.717, 1.165) is 0 Å². The lowest BCUT2D eigenvalue weighted by atomic mass is 10.2. The second-order valence-electron chi connectivity index (χ2n) is 4.56. The summed E-state index contributed by atoms with van der Waals surface area (Å²) in [6.45, 7) is 0. The lowest BCUT2D eigenvalue weighted by molar-refractivity contribution is 0.0955. The van der Waals surface area contributed by atoms with Crippen molar-refractivity contribution in [2.75, 3.05) is 14.2 Å². The summed E-state index contributed by atoms with van der Waals surface area (Å²) in [5.74, 6) is 0.423. The number of hydrogen-bond acceptors (Lipinski definition) is 4. The molecule has 0 bridgehead atoms. The van der Waals surface area contributed by atoms with E-state index in [0.29, 0.717) is 27.1 Å². The van der Waals surface area contributed by atoms with Gasteiger partial charge in [-0.15, -0.1) is 0 Å². The Kier molecular flexibility index (Phi) is 6.31. The molecular weight excluding hydrogens is 375 g/mol. The van der Waals surface area contributed by atoms with Gasteiger partial charge in [0.15, 0.2) is 11.5 Å². The Balaban J connectivity index is 2.14. The quantitative estimate of drug-likeness (QED) is 0.610. The Morgan fingerprint density at radius 2 is 1.83 bits per heavy atom. The molecule has 0 unspecified atom stereocenters. The Hall–Kier alpha value is -1.95. The van der Waals surface area contributed by atoms with Crippen LogP contribution >= 0.6 is 34.8 Å². The van der Waals surface area contributed by atoms with Gasteiger partial charge in [0.05, 0.1) is 36.0 Å². The fraction of sp³-hybridized carbons (Fsp3) is 0.125. The average molecular weight is 388 g/mol. The molecule has 126 valence electrons. The van der Waals surface area contributed by atoms with Gasteiger partial charge in [-0.1, -0.05) is 34.8 Å². The van der Waals surface area contributed by atoms with Gasteiger partial charge in [0.2, 0.25) is 0 Å². The fourth-order valence-electron chi connectivity index (χ4n) is 1.91. The van der Waals surface area contributed by atoms with Crippen LogP contribution in [0.15, 0.2) is 35.4 Å². The van der Waals surface area contributed by atoms with E-state index in [4.69, 9.17) is 44.3 Å². The van der Waals surface area contributed by atoms with Crippen molar-refractivity contribution in [1.29, 1.82) is 0 Å². The normalized spacial score (nSPS) is 10.7. The molecule has 0 saturated carbocycles. The molecule has 1 N–H and O–H groups in total. The first-order valence-corrected chi connectivity index (χ1v) is 7.79. The molecule has 2 aromatic carbocycles. The molecule has 0 aliphatic rings. The van der Waals surface area contributed by atoms with Crippen molar-refractivity contribution >= 4 is 46.9 Å². The number of methoxy groups -OCH3 is 2. The van der Waals surface area contributed by atoms with Crippen LogP contribution in [0.2, 0.25) is 15.1 Å². The molecule has 0 aliphatic heterocycles. The molecule has 0 aliphatic carbocycles. The summed E-state index contributed by atoms with van der Waals surface area (Å²) >= 11 is 17.9. The van der Waals surface area contributed by atoms with Gasteiger partial charge in [-0.05, 0) is 35.9 Å². The summed E-state index contributed by atoms with van der Waals surface area (Å²) in [6, 6.07) is 7.88. The molecule has 1 amide bonds. The van der Waals surface area contributed by atoms with Gasteiger partial charge in [-0.25, -0.2) is 5.43 Å². The maximum Gasteiger partial charge on any atom is 0.272 e. The highest BCUT2D eigenvalue weighted by molar-refractivity contribution is 6.36. The van der Waals surface area contributed by atoms with E-state index in [1.807, 2.05) is 0 Å². The van der Waals surface area contributed by atoms with Crippen LogP contribution in [0.4, 0.5) is 0 Å². The Labute approximate surface area is 154 Å². The van der Waals surface area contributed by atoms with Crippen LogP contribution in [-0.2, 0) is 0 Å². The SMILES string of the molecule is COc1cc(/C=N\NC(=O)c2ccc(Cl)cc2Cl)cc(Cl)c1OC. The number of ether oxygens (including phenoxy) is 2. The van der Waals surface area contributed by atoms with Crippen molar-refractivity contribution in [3.05, 3.63) is 56.5 Å². The van der Waals surface area contributed by atoms with Crippen molar-refractivity contribution in [3.63, 3.8) is 0 Å². The highest BCUT2D eigenvalue weighted by atomic mass is 35.5. The summed E-state index contributed by atoms with van der Waals surface area (Å²) in [5, 5.41) is 4.93. The van der Waals surface area contributed by atoms with Crippen LogP contribution in [0.5, 0.6) is 11.5 Å². The third-order valence-corrected chi connectivity index (χ3v) is 3.84. The maximum absolute atomic E-state index is 12.0. The molecule has 2 rings (SSSR count). The van der Waals surface area contributed by atoms with Crippen LogP contribution in [0.25, 0.3) is 0 Å². The minimum atomic E-state index is -0.459. The van der Waals surface area contributed by atoms with E-state index in [-0.39, 0.29) is 10.6 Å². The lowest BCUT2D eigenvalue weighted by Gasteiger charge is -2.10. The molecule has 0 radical (unpaired) electrons. The molecule has 2 aromatic rings. The number of rotatable bonds is 5. The summed E-state index contributed by atoms with van der Waals surface area (Å²) < 4.78 is 10.3. The zero-order valence-corrected chi connectivity index (χ0v) is 15.0. The number of hydrazone groups is 1. The molecule has 5 nitrogen and oxygen atoms in total. The minimum Gasteiger partial charge on any atom is -0.493 e. The topological polar surface area (TPSA) is 59.9 Å². The molecule has 0 saturated heterocycles. The Bertz CT molecular complexity index is 794. The third-order valence-electron chi connectivity index (χ3n) is 3.01. The fourth-order valence-corrected chi connectivity index (χ4v) is 2.70. The number of benzene rings is 2. The average Bonchev–Trinajstić information content (AvgIpc) is 2.54. The van der Waals surface area contributed by atoms with E-state index in [2.05, 4.69) is 10.5 Å². The first-order valence-electron chi connectivity index (χ1n) is 6.66. The molecular formula is C16H13Cl3N2O3. The molecule has 8 heteroatoms. The van der Waals surface area contributed by atoms with Gasteiger partial charge in [-0.3, -0.25) is 4.79 Å². The van der Waals surface area contributed by atoms with Crippen LogP contribution in [0.1, 0.15) is 15.9 Å². The van der Waals surface area contributed by atoms with Gasteiger partial charge in [-0.2, -0.15) is 5.10 Å². The van der Waals surface area contributed by atoms with Crippen LogP contribution in [0, 0.1) is 0 Å². The molecule has 0 spiro atoms.